The van der Waals surface area contributed by atoms with E-state index < -0.39 is 32.5 Å². The monoisotopic (exact) mass is 606 g/mol. The maximum absolute atomic E-state index is 12.1. The van der Waals surface area contributed by atoms with Gasteiger partial charge < -0.3 is 19.3 Å². The Hall–Kier alpha value is -0.950. The highest BCUT2D eigenvalue weighted by Gasteiger charge is 2.22. The maximum Gasteiger partial charge on any atom is 0.469 e. The number of esters is 2. The first-order chi connectivity index (χ1) is 19.7. The average molecular weight is 607 g/mol. The largest absolute Gasteiger partial charge is 0.469 e. The molecule has 244 valence electrons. The van der Waals surface area contributed by atoms with Gasteiger partial charge in [0.1, 0.15) is 6.61 Å². The van der Waals surface area contributed by atoms with E-state index in [2.05, 4.69) is 25.3 Å². The minimum absolute atomic E-state index is 0.211. The first kappa shape index (κ1) is 40.1. The first-order valence-corrected chi connectivity index (χ1v) is 18.3. The molecule has 0 spiro atoms. The Morgan fingerprint density at radius 2 is 1.07 bits per heavy atom. The van der Waals surface area contributed by atoms with Crippen LogP contribution in [0, 0.1) is 5.92 Å². The standard InChI is InChI=1S/C32H63O8P/c1-4-6-7-18-23-26-32(34)40-30(28-39-41(35,36)37)27-38-31(33)25-22-20-17-15-13-11-9-8-10-12-14-16-19-21-24-29(3)5-2/h29-30H,4-28H2,1-3H3,(H2,35,36,37)/t29?,30-/m1/s1. The smallest absolute Gasteiger partial charge is 0.462 e. The number of carbonyl (C=O) groups excluding carboxylic acids is 2. The molecule has 9 heteroatoms. The Morgan fingerprint density at radius 3 is 1.54 bits per heavy atom. The van der Waals surface area contributed by atoms with Crippen LogP contribution in [0.25, 0.3) is 0 Å². The van der Waals surface area contributed by atoms with Gasteiger partial charge in [-0.3, -0.25) is 14.1 Å². The maximum atomic E-state index is 12.1. The van der Waals surface area contributed by atoms with Crippen LogP contribution in [0.3, 0.4) is 0 Å². The third-order valence-electron chi connectivity index (χ3n) is 7.67. The van der Waals surface area contributed by atoms with E-state index in [4.69, 9.17) is 19.3 Å². The molecule has 0 aromatic carbocycles. The normalized spacial score (nSPS) is 13.2. The van der Waals surface area contributed by atoms with Gasteiger partial charge in [-0.2, -0.15) is 0 Å². The highest BCUT2D eigenvalue weighted by atomic mass is 31.2. The fourth-order valence-corrected chi connectivity index (χ4v) is 5.12. The third-order valence-corrected chi connectivity index (χ3v) is 8.15. The van der Waals surface area contributed by atoms with E-state index in [1.54, 1.807) is 0 Å². The lowest BCUT2D eigenvalue weighted by Gasteiger charge is -2.18. The summed E-state index contributed by atoms with van der Waals surface area (Å²) in [4.78, 5) is 42.1. The van der Waals surface area contributed by atoms with Crippen LogP contribution in [0.2, 0.25) is 0 Å². The number of ether oxygens (including phenoxy) is 2. The van der Waals surface area contributed by atoms with Crippen LogP contribution < -0.4 is 0 Å². The summed E-state index contributed by atoms with van der Waals surface area (Å²) in [7, 11) is -4.73. The fourth-order valence-electron chi connectivity index (χ4n) is 4.76. The Balaban J connectivity index is 3.81. The summed E-state index contributed by atoms with van der Waals surface area (Å²) in [5.74, 6) is -0.00646. The zero-order valence-corrected chi connectivity index (χ0v) is 27.5. The van der Waals surface area contributed by atoms with Crippen molar-refractivity contribution in [3.05, 3.63) is 0 Å². The zero-order valence-electron chi connectivity index (χ0n) is 26.6. The SMILES string of the molecule is CCCCCCCC(=O)O[C@H](COC(=O)CCCCCCCCCCCCCCCCC(C)CC)COP(=O)(O)O. The van der Waals surface area contributed by atoms with Gasteiger partial charge >= 0.3 is 19.8 Å². The van der Waals surface area contributed by atoms with Crippen molar-refractivity contribution >= 4 is 19.8 Å². The molecule has 0 aromatic heterocycles. The van der Waals surface area contributed by atoms with Crippen molar-refractivity contribution in [2.75, 3.05) is 13.2 Å². The molecular formula is C32H63O8P. The van der Waals surface area contributed by atoms with Crippen molar-refractivity contribution in [1.82, 2.24) is 0 Å². The summed E-state index contributed by atoms with van der Waals surface area (Å²) in [6.45, 7) is 5.94. The molecule has 0 fully saturated rings. The molecule has 0 bridgehead atoms. The Labute approximate surface area is 251 Å². The van der Waals surface area contributed by atoms with Gasteiger partial charge in [0, 0.05) is 12.8 Å². The molecule has 0 aliphatic heterocycles. The van der Waals surface area contributed by atoms with Crippen molar-refractivity contribution in [3.8, 4) is 0 Å². The lowest BCUT2D eigenvalue weighted by Crippen LogP contribution is -2.29. The number of unbranched alkanes of at least 4 members (excludes halogenated alkanes) is 17. The van der Waals surface area contributed by atoms with Gasteiger partial charge in [-0.25, -0.2) is 4.57 Å². The Morgan fingerprint density at radius 1 is 0.634 bits per heavy atom. The molecule has 0 saturated carbocycles. The van der Waals surface area contributed by atoms with Gasteiger partial charge in [0.25, 0.3) is 0 Å². The summed E-state index contributed by atoms with van der Waals surface area (Å²) in [6, 6.07) is 0. The second-order valence-electron chi connectivity index (χ2n) is 11.7. The molecule has 2 atom stereocenters. The number of carbonyl (C=O) groups is 2. The lowest BCUT2D eigenvalue weighted by molar-refractivity contribution is -0.161. The summed E-state index contributed by atoms with van der Waals surface area (Å²) in [6.07, 6.45) is 24.5. The van der Waals surface area contributed by atoms with Gasteiger partial charge in [-0.1, -0.05) is 143 Å². The molecule has 8 nitrogen and oxygen atoms in total. The van der Waals surface area contributed by atoms with Crippen molar-refractivity contribution in [2.24, 2.45) is 5.92 Å². The topological polar surface area (TPSA) is 119 Å². The van der Waals surface area contributed by atoms with E-state index in [1.807, 2.05) is 0 Å². The van der Waals surface area contributed by atoms with E-state index in [-0.39, 0.29) is 19.4 Å². The first-order valence-electron chi connectivity index (χ1n) is 16.7. The summed E-state index contributed by atoms with van der Waals surface area (Å²) in [5.41, 5.74) is 0. The van der Waals surface area contributed by atoms with Crippen LogP contribution in [0.15, 0.2) is 0 Å². The molecule has 0 aromatic rings. The van der Waals surface area contributed by atoms with Gasteiger partial charge in [0.2, 0.25) is 0 Å². The van der Waals surface area contributed by atoms with Crippen molar-refractivity contribution in [2.45, 2.75) is 175 Å². The molecule has 0 rings (SSSR count). The molecule has 0 radical (unpaired) electrons. The molecule has 0 saturated heterocycles. The molecule has 2 N–H and O–H groups in total. The van der Waals surface area contributed by atoms with Crippen LogP contribution in [-0.4, -0.2) is 41.0 Å². The highest BCUT2D eigenvalue weighted by molar-refractivity contribution is 7.46. The number of phosphoric acid groups is 1. The molecule has 0 amide bonds. The molecule has 0 aliphatic carbocycles. The predicted octanol–water partition coefficient (Wildman–Crippen LogP) is 9.20. The number of hydrogen-bond acceptors (Lipinski definition) is 6. The average Bonchev–Trinajstić information content (AvgIpc) is 2.93. The van der Waals surface area contributed by atoms with E-state index in [1.165, 1.54) is 83.5 Å². The summed E-state index contributed by atoms with van der Waals surface area (Å²) >= 11 is 0. The van der Waals surface area contributed by atoms with Crippen molar-refractivity contribution in [3.63, 3.8) is 0 Å². The molecular weight excluding hydrogens is 543 g/mol. The number of phosphoric ester groups is 1. The highest BCUT2D eigenvalue weighted by Crippen LogP contribution is 2.36. The van der Waals surface area contributed by atoms with Crippen molar-refractivity contribution < 1.29 is 37.9 Å². The summed E-state index contributed by atoms with van der Waals surface area (Å²) < 4.78 is 26.0. The second kappa shape index (κ2) is 27.9. The van der Waals surface area contributed by atoms with Crippen molar-refractivity contribution in [1.29, 1.82) is 0 Å². The molecule has 0 heterocycles. The van der Waals surface area contributed by atoms with Crippen LogP contribution in [0.1, 0.15) is 168 Å². The van der Waals surface area contributed by atoms with Gasteiger partial charge in [-0.05, 0) is 18.8 Å². The van der Waals surface area contributed by atoms with Gasteiger partial charge in [0.05, 0.1) is 6.61 Å². The minimum atomic E-state index is -4.73. The lowest BCUT2D eigenvalue weighted by atomic mass is 9.99. The van der Waals surface area contributed by atoms with Crippen LogP contribution in [-0.2, 0) is 28.2 Å². The van der Waals surface area contributed by atoms with E-state index >= 15 is 0 Å². The number of hydrogen-bond donors (Lipinski definition) is 2. The van der Waals surface area contributed by atoms with E-state index in [0.717, 1.165) is 50.9 Å². The van der Waals surface area contributed by atoms with Crippen LogP contribution in [0.5, 0.6) is 0 Å². The van der Waals surface area contributed by atoms with Crippen LogP contribution in [0.4, 0.5) is 0 Å². The van der Waals surface area contributed by atoms with Gasteiger partial charge in [0.15, 0.2) is 6.10 Å². The second-order valence-corrected chi connectivity index (χ2v) is 13.0. The van der Waals surface area contributed by atoms with E-state index in [0.29, 0.717) is 6.42 Å². The molecule has 0 aliphatic rings. The number of rotatable bonds is 30. The predicted molar refractivity (Wildman–Crippen MR) is 166 cm³/mol. The Kier molecular flexibility index (Phi) is 27.2. The minimum Gasteiger partial charge on any atom is -0.462 e. The van der Waals surface area contributed by atoms with Gasteiger partial charge in [-0.15, -0.1) is 0 Å². The summed E-state index contributed by atoms with van der Waals surface area (Å²) in [5, 5.41) is 0. The fraction of sp³-hybridized carbons (Fsp3) is 0.938. The van der Waals surface area contributed by atoms with Crippen LogP contribution >= 0.6 is 7.82 Å². The molecule has 41 heavy (non-hydrogen) atoms. The zero-order chi connectivity index (χ0) is 30.6. The van der Waals surface area contributed by atoms with E-state index in [9.17, 15) is 14.2 Å². The molecule has 1 unspecified atom stereocenters. The third kappa shape index (κ3) is 30.3. The Bertz CT molecular complexity index is 666. The quantitative estimate of drug-likeness (QED) is 0.0472.